The zero-order chi connectivity index (χ0) is 6.48. The quantitative estimate of drug-likeness (QED) is 0.523. The van der Waals surface area contributed by atoms with Gasteiger partial charge in [-0.25, -0.2) is 4.39 Å². The molecule has 0 amide bonds. The van der Waals surface area contributed by atoms with Gasteiger partial charge in [0.1, 0.15) is 5.67 Å². The highest BCUT2D eigenvalue weighted by Crippen LogP contribution is 2.50. The Kier molecular flexibility index (Phi) is 0.933. The maximum absolute atomic E-state index is 13.1. The van der Waals surface area contributed by atoms with Gasteiger partial charge in [-0.05, 0) is 31.6 Å². The number of hydrogen-bond acceptors (Lipinski definition) is 1. The van der Waals surface area contributed by atoms with Crippen LogP contribution in [0.25, 0.3) is 0 Å². The van der Waals surface area contributed by atoms with E-state index >= 15 is 0 Å². The van der Waals surface area contributed by atoms with E-state index in [0.29, 0.717) is 12.3 Å². The highest BCUT2D eigenvalue weighted by atomic mass is 19.1. The summed E-state index contributed by atoms with van der Waals surface area (Å²) in [6, 6.07) is 0.155. The molecule has 0 aliphatic heterocycles. The summed E-state index contributed by atoms with van der Waals surface area (Å²) in [6.45, 7) is 0. The number of hydrogen-bond donors (Lipinski definition) is 1. The van der Waals surface area contributed by atoms with Crippen LogP contribution >= 0.6 is 0 Å². The van der Waals surface area contributed by atoms with E-state index in [-0.39, 0.29) is 6.04 Å². The van der Waals surface area contributed by atoms with E-state index in [4.69, 9.17) is 5.73 Å². The van der Waals surface area contributed by atoms with Crippen LogP contribution in [-0.2, 0) is 0 Å². The molecular weight excluding hydrogens is 117 g/mol. The molecule has 3 saturated carbocycles. The first-order valence-electron chi connectivity index (χ1n) is 3.62. The van der Waals surface area contributed by atoms with Crippen molar-refractivity contribution in [3.63, 3.8) is 0 Å². The molecule has 0 aromatic rings. The molecule has 0 heterocycles. The molecule has 1 unspecified atom stereocenters. The predicted molar refractivity (Wildman–Crippen MR) is 33.8 cm³/mol. The van der Waals surface area contributed by atoms with E-state index in [1.54, 1.807) is 0 Å². The number of nitrogens with two attached hydrogens (primary N) is 1. The van der Waals surface area contributed by atoms with Gasteiger partial charge in [0.15, 0.2) is 0 Å². The summed E-state index contributed by atoms with van der Waals surface area (Å²) < 4.78 is 13.1. The Labute approximate surface area is 54.4 Å². The molecule has 3 aliphatic rings. The van der Waals surface area contributed by atoms with Crippen molar-refractivity contribution in [3.8, 4) is 0 Å². The van der Waals surface area contributed by atoms with E-state index in [9.17, 15) is 4.39 Å². The van der Waals surface area contributed by atoms with Crippen molar-refractivity contribution in [1.82, 2.24) is 0 Å². The van der Waals surface area contributed by atoms with Crippen molar-refractivity contribution in [2.45, 2.75) is 37.4 Å². The van der Waals surface area contributed by atoms with Crippen molar-refractivity contribution in [2.24, 2.45) is 11.7 Å². The second kappa shape index (κ2) is 1.48. The summed E-state index contributed by atoms with van der Waals surface area (Å²) in [5.74, 6) is 0.624. The first kappa shape index (κ1) is 5.66. The molecule has 3 aliphatic carbocycles. The van der Waals surface area contributed by atoms with Crippen LogP contribution in [0.5, 0.6) is 0 Å². The van der Waals surface area contributed by atoms with E-state index < -0.39 is 5.67 Å². The Morgan fingerprint density at radius 3 is 2.33 bits per heavy atom. The lowest BCUT2D eigenvalue weighted by Crippen LogP contribution is -2.51. The fraction of sp³-hybridized carbons (Fsp3) is 1.00. The van der Waals surface area contributed by atoms with Gasteiger partial charge >= 0.3 is 0 Å². The summed E-state index contributed by atoms with van der Waals surface area (Å²) in [6.07, 6.45) is 3.26. The summed E-state index contributed by atoms with van der Waals surface area (Å²) >= 11 is 0. The van der Waals surface area contributed by atoms with E-state index in [0.717, 1.165) is 19.3 Å². The van der Waals surface area contributed by atoms with Crippen LogP contribution in [0.3, 0.4) is 0 Å². The van der Waals surface area contributed by atoms with Gasteiger partial charge in [-0.15, -0.1) is 0 Å². The number of rotatable bonds is 0. The zero-order valence-corrected chi connectivity index (χ0v) is 5.44. The molecule has 0 saturated heterocycles. The predicted octanol–water partition coefficient (Wildman–Crippen LogP) is 1.23. The largest absolute Gasteiger partial charge is 0.328 e. The van der Waals surface area contributed by atoms with Gasteiger partial charge in [-0.1, -0.05) is 0 Å². The SMILES string of the molecule is NC1CC2CC(F)(C1)C2. The number of alkyl halides is 1. The lowest BCUT2D eigenvalue weighted by atomic mass is 9.61. The third-order valence-corrected chi connectivity index (χ3v) is 2.57. The van der Waals surface area contributed by atoms with Crippen LogP contribution in [0, 0.1) is 5.92 Å². The van der Waals surface area contributed by atoms with E-state index in [1.165, 1.54) is 0 Å². The average Bonchev–Trinajstić information content (AvgIpc) is 1.58. The molecule has 0 radical (unpaired) electrons. The fourth-order valence-corrected chi connectivity index (χ4v) is 2.29. The summed E-state index contributed by atoms with van der Waals surface area (Å²) in [7, 11) is 0. The van der Waals surface area contributed by atoms with Crippen molar-refractivity contribution in [1.29, 1.82) is 0 Å². The number of halogens is 1. The first-order valence-corrected chi connectivity index (χ1v) is 3.62. The normalized spacial score (nSPS) is 56.7. The van der Waals surface area contributed by atoms with Gasteiger partial charge in [0.25, 0.3) is 0 Å². The second-order valence-electron chi connectivity index (χ2n) is 3.63. The van der Waals surface area contributed by atoms with Crippen LogP contribution in [0.4, 0.5) is 4.39 Å². The third-order valence-electron chi connectivity index (χ3n) is 2.57. The molecule has 2 bridgehead atoms. The van der Waals surface area contributed by atoms with Crippen LogP contribution in [-0.4, -0.2) is 11.7 Å². The standard InChI is InChI=1S/C7H12FN/c8-7-2-5(3-7)1-6(9)4-7/h5-6H,1-4,9H2. The summed E-state index contributed by atoms with van der Waals surface area (Å²) in [5.41, 5.74) is 4.77. The minimum Gasteiger partial charge on any atom is -0.328 e. The molecule has 1 nitrogen and oxygen atoms in total. The highest BCUT2D eigenvalue weighted by molar-refractivity contribution is 5.02. The Bertz CT molecular complexity index is 126. The van der Waals surface area contributed by atoms with Gasteiger partial charge in [-0.2, -0.15) is 0 Å². The Morgan fingerprint density at radius 2 is 2.00 bits per heavy atom. The van der Waals surface area contributed by atoms with Gasteiger partial charge in [-0.3, -0.25) is 0 Å². The molecule has 0 aromatic carbocycles. The Morgan fingerprint density at radius 1 is 1.33 bits per heavy atom. The van der Waals surface area contributed by atoms with E-state index in [2.05, 4.69) is 0 Å². The van der Waals surface area contributed by atoms with Gasteiger partial charge in [0.2, 0.25) is 0 Å². The van der Waals surface area contributed by atoms with Crippen molar-refractivity contribution in [3.05, 3.63) is 0 Å². The molecule has 52 valence electrons. The number of fused-ring (bicyclic) bond motifs is 2. The van der Waals surface area contributed by atoms with Gasteiger partial charge in [0.05, 0.1) is 0 Å². The highest BCUT2D eigenvalue weighted by Gasteiger charge is 2.50. The van der Waals surface area contributed by atoms with Crippen molar-refractivity contribution >= 4 is 0 Å². The van der Waals surface area contributed by atoms with Crippen LogP contribution in [0.15, 0.2) is 0 Å². The third kappa shape index (κ3) is 0.767. The second-order valence-corrected chi connectivity index (χ2v) is 3.63. The molecule has 9 heavy (non-hydrogen) atoms. The zero-order valence-electron chi connectivity index (χ0n) is 5.44. The lowest BCUT2D eigenvalue weighted by Gasteiger charge is -2.49. The molecule has 0 spiro atoms. The van der Waals surface area contributed by atoms with Crippen molar-refractivity contribution in [2.75, 3.05) is 0 Å². The Hall–Kier alpha value is -0.110. The average molecular weight is 129 g/mol. The van der Waals surface area contributed by atoms with Crippen LogP contribution in [0.2, 0.25) is 0 Å². The molecule has 2 heteroatoms. The maximum Gasteiger partial charge on any atom is 0.113 e. The lowest BCUT2D eigenvalue weighted by molar-refractivity contribution is -0.0477. The molecule has 0 aromatic heterocycles. The first-order chi connectivity index (χ1) is 4.18. The maximum atomic E-state index is 13.1. The van der Waals surface area contributed by atoms with Crippen LogP contribution < -0.4 is 5.73 Å². The molecule has 1 atom stereocenters. The van der Waals surface area contributed by atoms with Crippen LogP contribution in [0.1, 0.15) is 25.7 Å². The summed E-state index contributed by atoms with van der Waals surface area (Å²) in [4.78, 5) is 0. The molecule has 3 fully saturated rings. The minimum absolute atomic E-state index is 0.155. The van der Waals surface area contributed by atoms with Crippen molar-refractivity contribution < 1.29 is 4.39 Å². The van der Waals surface area contributed by atoms with Gasteiger partial charge < -0.3 is 5.73 Å². The Balaban J connectivity index is 2.05. The van der Waals surface area contributed by atoms with E-state index in [1.807, 2.05) is 0 Å². The molecule has 2 N–H and O–H groups in total. The smallest absolute Gasteiger partial charge is 0.113 e. The monoisotopic (exact) mass is 129 g/mol. The topological polar surface area (TPSA) is 26.0 Å². The van der Waals surface area contributed by atoms with Gasteiger partial charge in [0, 0.05) is 6.04 Å². The fourth-order valence-electron chi connectivity index (χ4n) is 2.29. The summed E-state index contributed by atoms with van der Waals surface area (Å²) in [5, 5.41) is 0. The molecule has 3 rings (SSSR count). The minimum atomic E-state index is -0.831. The molecular formula is C7H12FN.